The summed E-state index contributed by atoms with van der Waals surface area (Å²) in [7, 11) is 0. The lowest BCUT2D eigenvalue weighted by atomic mass is 10.2. The van der Waals surface area contributed by atoms with Gasteiger partial charge in [0.2, 0.25) is 0 Å². The molecule has 0 fully saturated rings. The predicted molar refractivity (Wildman–Crippen MR) is 81.0 cm³/mol. The highest BCUT2D eigenvalue weighted by Crippen LogP contribution is 2.22. The van der Waals surface area contributed by atoms with Crippen molar-refractivity contribution in [3.63, 3.8) is 0 Å². The number of hydrogen-bond donors (Lipinski definition) is 2. The lowest BCUT2D eigenvalue weighted by Gasteiger charge is -2.16. The molecule has 2 N–H and O–H groups in total. The van der Waals surface area contributed by atoms with Crippen molar-refractivity contribution in [3.8, 4) is 5.75 Å². The first-order chi connectivity index (χ1) is 10.2. The van der Waals surface area contributed by atoms with Crippen LogP contribution in [-0.4, -0.2) is 37.6 Å². The van der Waals surface area contributed by atoms with Gasteiger partial charge in [-0.15, -0.1) is 0 Å². The average Bonchev–Trinajstić information content (AvgIpc) is 2.48. The van der Waals surface area contributed by atoms with E-state index in [1.165, 1.54) is 6.07 Å². The van der Waals surface area contributed by atoms with Gasteiger partial charge in [-0.05, 0) is 19.0 Å². The van der Waals surface area contributed by atoms with Gasteiger partial charge in [-0.3, -0.25) is 0 Å². The number of ether oxygens (including phenoxy) is 2. The van der Waals surface area contributed by atoms with Crippen LogP contribution in [0.5, 0.6) is 5.75 Å². The first kappa shape index (κ1) is 17.9. The minimum absolute atomic E-state index is 0.0200. The number of para-hydroxylation sites is 1. The summed E-state index contributed by atoms with van der Waals surface area (Å²) < 4.78 is 24.6. The number of halogens is 1. The second-order valence-electron chi connectivity index (χ2n) is 4.90. The third-order valence-corrected chi connectivity index (χ3v) is 2.99. The Balaban J connectivity index is 2.46. The van der Waals surface area contributed by atoms with Gasteiger partial charge in [0.05, 0.1) is 6.61 Å². The van der Waals surface area contributed by atoms with Gasteiger partial charge in [-0.25, -0.2) is 4.39 Å². The summed E-state index contributed by atoms with van der Waals surface area (Å²) in [5.41, 5.74) is 0.746. The average molecular weight is 299 g/mol. The molecular weight excluding hydrogens is 273 g/mol. The third-order valence-electron chi connectivity index (χ3n) is 2.99. The highest BCUT2D eigenvalue weighted by atomic mass is 19.1. The molecule has 0 aliphatic heterocycles. The van der Waals surface area contributed by atoms with Crippen LogP contribution in [0.15, 0.2) is 18.2 Å². The van der Waals surface area contributed by atoms with Crippen molar-refractivity contribution in [2.45, 2.75) is 39.3 Å². The van der Waals surface area contributed by atoms with Crippen molar-refractivity contribution in [3.05, 3.63) is 29.6 Å². The van der Waals surface area contributed by atoms with Crippen LogP contribution in [0.2, 0.25) is 0 Å². The zero-order valence-corrected chi connectivity index (χ0v) is 12.9. The lowest BCUT2D eigenvalue weighted by molar-refractivity contribution is 0.0104. The van der Waals surface area contributed by atoms with Gasteiger partial charge in [0.15, 0.2) is 11.6 Å². The standard InChI is InChI=1S/C16H26FNO3/c1-3-5-9-20-11-14(19)12-21-16-13(10-18-4-2)7-6-8-15(16)17/h6-8,14,18-19H,3-5,9-12H2,1-2H3. The van der Waals surface area contributed by atoms with Crippen LogP contribution in [0.3, 0.4) is 0 Å². The van der Waals surface area contributed by atoms with Gasteiger partial charge in [0, 0.05) is 18.7 Å². The van der Waals surface area contributed by atoms with Gasteiger partial charge >= 0.3 is 0 Å². The van der Waals surface area contributed by atoms with E-state index in [0.29, 0.717) is 13.2 Å². The van der Waals surface area contributed by atoms with E-state index in [1.54, 1.807) is 6.07 Å². The molecule has 120 valence electrons. The van der Waals surface area contributed by atoms with Gasteiger partial charge in [0.25, 0.3) is 0 Å². The Kier molecular flexibility index (Phi) is 8.98. The molecule has 0 aliphatic rings. The molecule has 0 aliphatic carbocycles. The molecule has 4 nitrogen and oxygen atoms in total. The Morgan fingerprint density at radius 2 is 2.10 bits per heavy atom. The van der Waals surface area contributed by atoms with E-state index in [0.717, 1.165) is 24.9 Å². The number of benzene rings is 1. The van der Waals surface area contributed by atoms with E-state index in [1.807, 2.05) is 13.0 Å². The molecule has 1 aromatic rings. The fourth-order valence-electron chi connectivity index (χ4n) is 1.81. The Morgan fingerprint density at radius 1 is 1.29 bits per heavy atom. The molecular formula is C16H26FNO3. The fourth-order valence-corrected chi connectivity index (χ4v) is 1.81. The fraction of sp³-hybridized carbons (Fsp3) is 0.625. The lowest BCUT2D eigenvalue weighted by Crippen LogP contribution is -2.24. The summed E-state index contributed by atoms with van der Waals surface area (Å²) in [4.78, 5) is 0. The maximum absolute atomic E-state index is 13.8. The number of aliphatic hydroxyl groups excluding tert-OH is 1. The zero-order chi connectivity index (χ0) is 15.5. The van der Waals surface area contributed by atoms with E-state index in [9.17, 15) is 9.50 Å². The first-order valence-electron chi connectivity index (χ1n) is 7.55. The molecule has 0 bridgehead atoms. The van der Waals surface area contributed by atoms with Crippen molar-refractivity contribution in [1.82, 2.24) is 5.32 Å². The summed E-state index contributed by atoms with van der Waals surface area (Å²) in [6, 6.07) is 4.82. The number of hydrogen-bond acceptors (Lipinski definition) is 4. The van der Waals surface area contributed by atoms with Crippen molar-refractivity contribution in [2.24, 2.45) is 0 Å². The van der Waals surface area contributed by atoms with Gasteiger partial charge in [0.1, 0.15) is 12.7 Å². The Bertz CT molecular complexity index is 401. The Morgan fingerprint density at radius 3 is 2.81 bits per heavy atom. The molecule has 0 saturated carbocycles. The minimum atomic E-state index is -0.756. The highest BCUT2D eigenvalue weighted by Gasteiger charge is 2.12. The molecule has 0 amide bonds. The zero-order valence-electron chi connectivity index (χ0n) is 12.9. The Labute approximate surface area is 126 Å². The molecule has 1 rings (SSSR count). The second-order valence-corrected chi connectivity index (χ2v) is 4.90. The van der Waals surface area contributed by atoms with E-state index in [2.05, 4.69) is 12.2 Å². The summed E-state index contributed by atoms with van der Waals surface area (Å²) in [6.45, 7) is 6.24. The van der Waals surface area contributed by atoms with Crippen LogP contribution < -0.4 is 10.1 Å². The van der Waals surface area contributed by atoms with Crippen molar-refractivity contribution >= 4 is 0 Å². The maximum atomic E-state index is 13.8. The van der Waals surface area contributed by atoms with Crippen LogP contribution in [-0.2, 0) is 11.3 Å². The number of rotatable bonds is 11. The molecule has 0 heterocycles. The van der Waals surface area contributed by atoms with Crippen molar-refractivity contribution in [1.29, 1.82) is 0 Å². The van der Waals surface area contributed by atoms with E-state index < -0.39 is 11.9 Å². The number of nitrogens with one attached hydrogen (secondary N) is 1. The summed E-state index contributed by atoms with van der Waals surface area (Å²) >= 11 is 0. The van der Waals surface area contributed by atoms with Crippen LogP contribution in [0.1, 0.15) is 32.3 Å². The maximum Gasteiger partial charge on any atom is 0.165 e. The van der Waals surface area contributed by atoms with Gasteiger partial charge < -0.3 is 19.9 Å². The topological polar surface area (TPSA) is 50.7 Å². The molecule has 5 heteroatoms. The SMILES string of the molecule is CCCCOCC(O)COc1c(F)cccc1CNCC. The van der Waals surface area contributed by atoms with Crippen molar-refractivity contribution < 1.29 is 19.0 Å². The monoisotopic (exact) mass is 299 g/mol. The summed E-state index contributed by atoms with van der Waals surface area (Å²) in [6.07, 6.45) is 1.26. The smallest absolute Gasteiger partial charge is 0.165 e. The normalized spacial score (nSPS) is 12.4. The molecule has 0 aromatic heterocycles. The second kappa shape index (κ2) is 10.5. The molecule has 21 heavy (non-hydrogen) atoms. The molecule has 1 atom stereocenters. The molecule has 0 saturated heterocycles. The van der Waals surface area contributed by atoms with E-state index >= 15 is 0 Å². The summed E-state index contributed by atoms with van der Waals surface area (Å²) in [5, 5.41) is 12.9. The van der Waals surface area contributed by atoms with E-state index in [4.69, 9.17) is 9.47 Å². The molecule has 1 unspecified atom stereocenters. The molecule has 1 aromatic carbocycles. The quantitative estimate of drug-likeness (QED) is 0.616. The van der Waals surface area contributed by atoms with Crippen LogP contribution in [0.4, 0.5) is 4.39 Å². The molecule has 0 radical (unpaired) electrons. The van der Waals surface area contributed by atoms with Crippen LogP contribution in [0.25, 0.3) is 0 Å². The van der Waals surface area contributed by atoms with Gasteiger partial charge in [-0.1, -0.05) is 32.4 Å². The van der Waals surface area contributed by atoms with E-state index in [-0.39, 0.29) is 19.0 Å². The summed E-state index contributed by atoms with van der Waals surface area (Å²) in [5.74, 6) is -0.212. The van der Waals surface area contributed by atoms with Gasteiger partial charge in [-0.2, -0.15) is 0 Å². The Hall–Kier alpha value is -1.17. The minimum Gasteiger partial charge on any atom is -0.487 e. The molecule has 0 spiro atoms. The van der Waals surface area contributed by atoms with Crippen LogP contribution in [0, 0.1) is 5.82 Å². The predicted octanol–water partition coefficient (Wildman–Crippen LogP) is 2.49. The first-order valence-corrected chi connectivity index (χ1v) is 7.55. The van der Waals surface area contributed by atoms with Crippen LogP contribution >= 0.6 is 0 Å². The van der Waals surface area contributed by atoms with Crippen molar-refractivity contribution in [2.75, 3.05) is 26.4 Å². The number of aliphatic hydroxyl groups is 1. The highest BCUT2D eigenvalue weighted by molar-refractivity contribution is 5.34. The largest absolute Gasteiger partial charge is 0.487 e. The third kappa shape index (κ3) is 6.89. The number of unbranched alkanes of at least 4 members (excludes halogenated alkanes) is 1.